The molecule has 0 saturated heterocycles. The summed E-state index contributed by atoms with van der Waals surface area (Å²) in [6.45, 7) is 0. The maximum Gasteiger partial charge on any atom is 0.337 e. The van der Waals surface area contributed by atoms with E-state index in [0.717, 1.165) is 31.2 Å². The van der Waals surface area contributed by atoms with Gasteiger partial charge in [-0.05, 0) is 36.5 Å². The Morgan fingerprint density at radius 2 is 1.77 bits per heavy atom. The average Bonchev–Trinajstić information content (AvgIpc) is 2.52. The molecule has 1 aliphatic carbocycles. The van der Waals surface area contributed by atoms with Crippen LogP contribution in [0.25, 0.3) is 0 Å². The highest BCUT2D eigenvalue weighted by molar-refractivity contribution is 7.88. The van der Waals surface area contributed by atoms with Crippen molar-refractivity contribution < 1.29 is 17.9 Å². The fourth-order valence-corrected chi connectivity index (χ4v) is 3.87. The Kier molecular flexibility index (Phi) is 5.58. The van der Waals surface area contributed by atoms with Crippen molar-refractivity contribution in [3.05, 3.63) is 35.4 Å². The molecular formula is C16H23NO4S. The Balaban J connectivity index is 2.25. The van der Waals surface area contributed by atoms with E-state index in [1.807, 2.05) is 12.1 Å². The number of hydrogen-bond donors (Lipinski definition) is 1. The first-order valence-corrected chi connectivity index (χ1v) is 9.45. The van der Waals surface area contributed by atoms with Crippen LogP contribution < -0.4 is 4.72 Å². The molecule has 0 heterocycles. The summed E-state index contributed by atoms with van der Waals surface area (Å²) in [4.78, 5) is 11.5. The molecule has 5 nitrogen and oxygen atoms in total. The van der Waals surface area contributed by atoms with Crippen LogP contribution in [0.1, 0.15) is 54.1 Å². The summed E-state index contributed by atoms with van der Waals surface area (Å²) in [5.74, 6) is -0.0932. The number of carbonyl (C=O) groups excluding carboxylic acids is 1. The number of carbonyl (C=O) groups is 1. The number of nitrogens with one attached hydrogen (secondary N) is 1. The second kappa shape index (κ2) is 7.24. The van der Waals surface area contributed by atoms with Gasteiger partial charge in [-0.2, -0.15) is 0 Å². The molecule has 0 radical (unpaired) electrons. The maximum absolute atomic E-state index is 11.7. The molecule has 1 aliphatic rings. The molecule has 0 bridgehead atoms. The number of benzene rings is 1. The van der Waals surface area contributed by atoms with E-state index < -0.39 is 16.0 Å². The SMILES string of the molecule is COC(=O)c1ccc(C(NS(C)(=O)=O)C2CCCCC2)cc1. The second-order valence-corrected chi connectivity index (χ2v) is 7.66. The Hall–Kier alpha value is -1.40. The first kappa shape index (κ1) is 17.0. The summed E-state index contributed by atoms with van der Waals surface area (Å²) in [6.07, 6.45) is 6.70. The zero-order chi connectivity index (χ0) is 16.2. The molecule has 0 amide bonds. The Bertz CT molecular complexity index is 604. The summed E-state index contributed by atoms with van der Waals surface area (Å²) in [5, 5.41) is 0. The summed E-state index contributed by atoms with van der Waals surface area (Å²) < 4.78 is 30.8. The topological polar surface area (TPSA) is 72.5 Å². The Labute approximate surface area is 132 Å². The minimum atomic E-state index is -3.29. The summed E-state index contributed by atoms with van der Waals surface area (Å²) >= 11 is 0. The molecule has 1 aromatic carbocycles. The molecule has 1 unspecified atom stereocenters. The van der Waals surface area contributed by atoms with Gasteiger partial charge in [0.25, 0.3) is 0 Å². The van der Waals surface area contributed by atoms with E-state index in [1.54, 1.807) is 12.1 Å². The van der Waals surface area contributed by atoms with Crippen LogP contribution in [0.15, 0.2) is 24.3 Å². The van der Waals surface area contributed by atoms with Gasteiger partial charge >= 0.3 is 5.97 Å². The van der Waals surface area contributed by atoms with Crippen LogP contribution in [0.4, 0.5) is 0 Å². The number of rotatable bonds is 5. The molecule has 0 aliphatic heterocycles. The third kappa shape index (κ3) is 4.55. The molecule has 1 aromatic rings. The zero-order valence-electron chi connectivity index (χ0n) is 13.0. The van der Waals surface area contributed by atoms with Gasteiger partial charge in [-0.3, -0.25) is 0 Å². The van der Waals surface area contributed by atoms with Crippen LogP contribution in [-0.4, -0.2) is 27.8 Å². The lowest BCUT2D eigenvalue weighted by Crippen LogP contribution is -2.33. The first-order valence-electron chi connectivity index (χ1n) is 7.56. The van der Waals surface area contributed by atoms with Gasteiger partial charge in [-0.1, -0.05) is 31.4 Å². The third-order valence-corrected chi connectivity index (χ3v) is 4.84. The first-order chi connectivity index (χ1) is 10.4. The van der Waals surface area contributed by atoms with Gasteiger partial charge < -0.3 is 4.74 Å². The van der Waals surface area contributed by atoms with Crippen LogP contribution in [-0.2, 0) is 14.8 Å². The molecule has 0 spiro atoms. The van der Waals surface area contributed by atoms with Crippen molar-refractivity contribution in [3.8, 4) is 0 Å². The van der Waals surface area contributed by atoms with E-state index in [1.165, 1.54) is 19.8 Å². The number of methoxy groups -OCH3 is 1. The third-order valence-electron chi connectivity index (χ3n) is 4.15. The lowest BCUT2D eigenvalue weighted by Gasteiger charge is -2.30. The van der Waals surface area contributed by atoms with Gasteiger partial charge in [0.15, 0.2) is 0 Å². The van der Waals surface area contributed by atoms with E-state index >= 15 is 0 Å². The van der Waals surface area contributed by atoms with Crippen molar-refractivity contribution in [2.75, 3.05) is 13.4 Å². The molecular weight excluding hydrogens is 302 g/mol. The predicted octanol–water partition coefficient (Wildman–Crippen LogP) is 2.64. The van der Waals surface area contributed by atoms with Crippen LogP contribution >= 0.6 is 0 Å². The molecule has 1 saturated carbocycles. The molecule has 1 N–H and O–H groups in total. The van der Waals surface area contributed by atoms with Crippen molar-refractivity contribution in [2.45, 2.75) is 38.1 Å². The lowest BCUT2D eigenvalue weighted by atomic mass is 9.81. The Morgan fingerprint density at radius 1 is 1.18 bits per heavy atom. The van der Waals surface area contributed by atoms with E-state index in [9.17, 15) is 13.2 Å². The molecule has 1 atom stereocenters. The minimum absolute atomic E-state index is 0.234. The van der Waals surface area contributed by atoms with Crippen molar-refractivity contribution in [2.24, 2.45) is 5.92 Å². The fourth-order valence-electron chi connectivity index (χ4n) is 3.08. The van der Waals surface area contributed by atoms with Crippen molar-refractivity contribution in [3.63, 3.8) is 0 Å². The van der Waals surface area contributed by atoms with Gasteiger partial charge in [-0.15, -0.1) is 0 Å². The van der Waals surface area contributed by atoms with Crippen LogP contribution in [0.5, 0.6) is 0 Å². The minimum Gasteiger partial charge on any atom is -0.465 e. The summed E-state index contributed by atoms with van der Waals surface area (Å²) in [7, 11) is -1.95. The number of ether oxygens (including phenoxy) is 1. The predicted molar refractivity (Wildman–Crippen MR) is 85.1 cm³/mol. The molecule has 122 valence electrons. The van der Waals surface area contributed by atoms with Gasteiger partial charge in [0.2, 0.25) is 10.0 Å². The van der Waals surface area contributed by atoms with Crippen LogP contribution in [0.3, 0.4) is 0 Å². The Morgan fingerprint density at radius 3 is 2.27 bits per heavy atom. The monoisotopic (exact) mass is 325 g/mol. The van der Waals surface area contributed by atoms with E-state index in [2.05, 4.69) is 9.46 Å². The van der Waals surface area contributed by atoms with E-state index in [-0.39, 0.29) is 6.04 Å². The fraction of sp³-hybridized carbons (Fsp3) is 0.562. The highest BCUT2D eigenvalue weighted by atomic mass is 32.2. The lowest BCUT2D eigenvalue weighted by molar-refractivity contribution is 0.0600. The van der Waals surface area contributed by atoms with Gasteiger partial charge in [-0.25, -0.2) is 17.9 Å². The normalized spacial score (nSPS) is 17.9. The van der Waals surface area contributed by atoms with Crippen molar-refractivity contribution >= 4 is 16.0 Å². The molecule has 22 heavy (non-hydrogen) atoms. The van der Waals surface area contributed by atoms with Gasteiger partial charge in [0.05, 0.1) is 18.9 Å². The van der Waals surface area contributed by atoms with Gasteiger partial charge in [0, 0.05) is 6.04 Å². The second-order valence-electron chi connectivity index (χ2n) is 5.88. The average molecular weight is 325 g/mol. The standard InChI is InChI=1S/C16H23NO4S/c1-21-16(18)14-10-8-13(9-11-14)15(17-22(2,19)20)12-6-4-3-5-7-12/h8-12,15,17H,3-7H2,1-2H3. The number of hydrogen-bond acceptors (Lipinski definition) is 4. The summed E-state index contributed by atoms with van der Waals surface area (Å²) in [6, 6.07) is 6.75. The number of sulfonamides is 1. The summed E-state index contributed by atoms with van der Waals surface area (Å²) in [5.41, 5.74) is 1.36. The van der Waals surface area contributed by atoms with Gasteiger partial charge in [0.1, 0.15) is 0 Å². The highest BCUT2D eigenvalue weighted by Gasteiger charge is 2.27. The molecule has 1 fully saturated rings. The quantitative estimate of drug-likeness (QED) is 0.845. The zero-order valence-corrected chi connectivity index (χ0v) is 13.9. The largest absolute Gasteiger partial charge is 0.465 e. The van der Waals surface area contributed by atoms with Crippen LogP contribution in [0, 0.1) is 5.92 Å². The van der Waals surface area contributed by atoms with E-state index in [0.29, 0.717) is 11.5 Å². The van der Waals surface area contributed by atoms with Crippen molar-refractivity contribution in [1.29, 1.82) is 0 Å². The molecule has 0 aromatic heterocycles. The van der Waals surface area contributed by atoms with E-state index in [4.69, 9.17) is 0 Å². The molecule has 2 rings (SSSR count). The molecule has 6 heteroatoms. The highest BCUT2D eigenvalue weighted by Crippen LogP contribution is 2.35. The van der Waals surface area contributed by atoms with Crippen LogP contribution in [0.2, 0.25) is 0 Å². The van der Waals surface area contributed by atoms with Crippen molar-refractivity contribution in [1.82, 2.24) is 4.72 Å². The number of esters is 1. The smallest absolute Gasteiger partial charge is 0.337 e. The maximum atomic E-state index is 11.7.